The number of hydrogen-bond donors (Lipinski definition) is 1. The summed E-state index contributed by atoms with van der Waals surface area (Å²) in [5.74, 6) is 0. The Bertz CT molecular complexity index is 546. The van der Waals surface area contributed by atoms with Crippen LogP contribution in [0.25, 0.3) is 0 Å². The van der Waals surface area contributed by atoms with Crippen molar-refractivity contribution >= 4 is 11.3 Å². The molecule has 0 saturated carbocycles. The molecule has 0 aliphatic rings. The van der Waals surface area contributed by atoms with Gasteiger partial charge in [-0.25, -0.2) is 0 Å². The second-order valence-electron chi connectivity index (χ2n) is 6.50. The van der Waals surface area contributed by atoms with Gasteiger partial charge in [-0.1, -0.05) is 45.0 Å². The zero-order chi connectivity index (χ0) is 14.8. The van der Waals surface area contributed by atoms with E-state index in [1.54, 1.807) is 0 Å². The Morgan fingerprint density at radius 3 is 2.20 bits per heavy atom. The van der Waals surface area contributed by atoms with E-state index in [0.29, 0.717) is 6.04 Å². The lowest BCUT2D eigenvalue weighted by Crippen LogP contribution is -2.17. The van der Waals surface area contributed by atoms with Gasteiger partial charge in [0.15, 0.2) is 0 Å². The predicted octanol–water partition coefficient (Wildman–Crippen LogP) is 5.20. The van der Waals surface area contributed by atoms with Crippen molar-refractivity contribution in [2.75, 3.05) is 0 Å². The first-order valence-electron chi connectivity index (χ1n) is 7.25. The lowest BCUT2D eigenvalue weighted by molar-refractivity contribution is 0.578. The van der Waals surface area contributed by atoms with Gasteiger partial charge < -0.3 is 5.32 Å². The Labute approximate surface area is 127 Å². The first-order valence-corrected chi connectivity index (χ1v) is 8.07. The van der Waals surface area contributed by atoms with Gasteiger partial charge in [0, 0.05) is 22.3 Å². The molecule has 0 fully saturated rings. The highest BCUT2D eigenvalue weighted by Gasteiger charge is 2.13. The average molecular weight is 287 g/mol. The van der Waals surface area contributed by atoms with Gasteiger partial charge in [-0.3, -0.25) is 0 Å². The third-order valence-corrected chi connectivity index (χ3v) is 4.80. The summed E-state index contributed by atoms with van der Waals surface area (Å²) in [6, 6.07) is 13.8. The highest BCUT2D eigenvalue weighted by molar-refractivity contribution is 7.12. The van der Waals surface area contributed by atoms with E-state index in [9.17, 15) is 0 Å². The van der Waals surface area contributed by atoms with Crippen molar-refractivity contribution < 1.29 is 0 Å². The van der Waals surface area contributed by atoms with E-state index in [4.69, 9.17) is 0 Å². The van der Waals surface area contributed by atoms with Crippen molar-refractivity contribution in [1.29, 1.82) is 0 Å². The first kappa shape index (κ1) is 15.3. The molecular formula is C18H25NS. The van der Waals surface area contributed by atoms with Gasteiger partial charge in [-0.15, -0.1) is 11.3 Å². The lowest BCUT2D eigenvalue weighted by Gasteiger charge is -2.19. The van der Waals surface area contributed by atoms with E-state index in [1.165, 1.54) is 20.9 Å². The molecule has 2 rings (SSSR count). The number of hydrogen-bond acceptors (Lipinski definition) is 2. The molecule has 0 bridgehead atoms. The standard InChI is InChI=1S/C18H25NS/c1-13-6-11-17(20-13)14(2)19-12-15-7-9-16(10-8-15)18(3,4)5/h6-11,14,19H,12H2,1-5H3. The van der Waals surface area contributed by atoms with Gasteiger partial charge in [0.25, 0.3) is 0 Å². The Kier molecular flexibility index (Phi) is 4.66. The number of benzene rings is 1. The summed E-state index contributed by atoms with van der Waals surface area (Å²) in [5.41, 5.74) is 2.97. The minimum Gasteiger partial charge on any atom is -0.305 e. The fraction of sp³-hybridized carbons (Fsp3) is 0.444. The molecule has 20 heavy (non-hydrogen) atoms. The first-order chi connectivity index (χ1) is 9.36. The van der Waals surface area contributed by atoms with Gasteiger partial charge in [0.1, 0.15) is 0 Å². The highest BCUT2D eigenvalue weighted by Crippen LogP contribution is 2.24. The van der Waals surface area contributed by atoms with Crippen LogP contribution in [0.4, 0.5) is 0 Å². The minimum absolute atomic E-state index is 0.230. The summed E-state index contributed by atoms with van der Waals surface area (Å²) in [4.78, 5) is 2.79. The molecule has 1 atom stereocenters. The molecule has 108 valence electrons. The molecule has 1 aromatic carbocycles. The SMILES string of the molecule is Cc1ccc(C(C)NCc2ccc(C(C)(C)C)cc2)s1. The molecule has 1 N–H and O–H groups in total. The summed E-state index contributed by atoms with van der Waals surface area (Å²) in [6.45, 7) is 12.1. The Hall–Kier alpha value is -1.12. The lowest BCUT2D eigenvalue weighted by atomic mass is 9.87. The molecule has 1 heterocycles. The molecule has 1 nitrogen and oxygen atoms in total. The molecule has 0 saturated heterocycles. The molecule has 1 aromatic heterocycles. The van der Waals surface area contributed by atoms with E-state index in [1.807, 2.05) is 11.3 Å². The maximum absolute atomic E-state index is 3.60. The van der Waals surface area contributed by atoms with Crippen LogP contribution in [0, 0.1) is 6.92 Å². The molecule has 2 heteroatoms. The Morgan fingerprint density at radius 2 is 1.70 bits per heavy atom. The second kappa shape index (κ2) is 6.11. The summed E-state index contributed by atoms with van der Waals surface area (Å²) < 4.78 is 0. The normalized spacial score (nSPS) is 13.4. The van der Waals surface area contributed by atoms with Gasteiger partial charge in [-0.05, 0) is 42.5 Å². The average Bonchev–Trinajstić information content (AvgIpc) is 2.82. The number of aryl methyl sites for hydroxylation is 1. The van der Waals surface area contributed by atoms with Crippen LogP contribution in [0.2, 0.25) is 0 Å². The van der Waals surface area contributed by atoms with Crippen LogP contribution >= 0.6 is 11.3 Å². The predicted molar refractivity (Wildman–Crippen MR) is 89.5 cm³/mol. The molecule has 0 aliphatic heterocycles. The fourth-order valence-corrected chi connectivity index (χ4v) is 3.08. The molecule has 0 spiro atoms. The molecule has 2 aromatic rings. The third-order valence-electron chi connectivity index (χ3n) is 3.62. The zero-order valence-electron chi connectivity index (χ0n) is 13.2. The van der Waals surface area contributed by atoms with Crippen LogP contribution in [0.5, 0.6) is 0 Å². The van der Waals surface area contributed by atoms with Crippen molar-refractivity contribution in [3.63, 3.8) is 0 Å². The van der Waals surface area contributed by atoms with E-state index < -0.39 is 0 Å². The number of nitrogens with one attached hydrogen (secondary N) is 1. The second-order valence-corrected chi connectivity index (χ2v) is 7.82. The van der Waals surface area contributed by atoms with Gasteiger partial charge in [0.2, 0.25) is 0 Å². The zero-order valence-corrected chi connectivity index (χ0v) is 14.0. The largest absolute Gasteiger partial charge is 0.305 e. The van der Waals surface area contributed by atoms with Crippen molar-refractivity contribution in [2.24, 2.45) is 0 Å². The van der Waals surface area contributed by atoms with Gasteiger partial charge in [0.05, 0.1) is 0 Å². The smallest absolute Gasteiger partial charge is 0.0388 e. The Balaban J connectivity index is 1.94. The summed E-state index contributed by atoms with van der Waals surface area (Å²) in [7, 11) is 0. The molecular weight excluding hydrogens is 262 g/mol. The molecule has 0 amide bonds. The molecule has 1 unspecified atom stereocenters. The van der Waals surface area contributed by atoms with Crippen molar-refractivity contribution in [3.05, 3.63) is 57.3 Å². The van der Waals surface area contributed by atoms with E-state index in [2.05, 4.69) is 76.3 Å². The minimum atomic E-state index is 0.230. The Morgan fingerprint density at radius 1 is 1.05 bits per heavy atom. The van der Waals surface area contributed by atoms with Gasteiger partial charge >= 0.3 is 0 Å². The van der Waals surface area contributed by atoms with Crippen LogP contribution in [0.15, 0.2) is 36.4 Å². The quantitative estimate of drug-likeness (QED) is 0.814. The monoisotopic (exact) mass is 287 g/mol. The van der Waals surface area contributed by atoms with Crippen molar-refractivity contribution in [1.82, 2.24) is 5.32 Å². The van der Waals surface area contributed by atoms with Crippen LogP contribution < -0.4 is 5.32 Å². The van der Waals surface area contributed by atoms with Crippen LogP contribution in [-0.4, -0.2) is 0 Å². The maximum Gasteiger partial charge on any atom is 0.0388 e. The van der Waals surface area contributed by atoms with Crippen LogP contribution in [0.1, 0.15) is 54.6 Å². The highest BCUT2D eigenvalue weighted by atomic mass is 32.1. The fourth-order valence-electron chi connectivity index (χ4n) is 2.18. The third kappa shape index (κ3) is 3.94. The van der Waals surface area contributed by atoms with Crippen molar-refractivity contribution in [3.8, 4) is 0 Å². The van der Waals surface area contributed by atoms with E-state index in [-0.39, 0.29) is 5.41 Å². The summed E-state index contributed by atoms with van der Waals surface area (Å²) in [5, 5.41) is 3.60. The summed E-state index contributed by atoms with van der Waals surface area (Å²) >= 11 is 1.87. The molecule has 0 aliphatic carbocycles. The van der Waals surface area contributed by atoms with Crippen LogP contribution in [0.3, 0.4) is 0 Å². The number of rotatable bonds is 4. The topological polar surface area (TPSA) is 12.0 Å². The van der Waals surface area contributed by atoms with E-state index in [0.717, 1.165) is 6.54 Å². The van der Waals surface area contributed by atoms with Gasteiger partial charge in [-0.2, -0.15) is 0 Å². The molecule has 0 radical (unpaired) electrons. The van der Waals surface area contributed by atoms with Crippen molar-refractivity contribution in [2.45, 2.75) is 52.6 Å². The number of thiophene rings is 1. The van der Waals surface area contributed by atoms with E-state index >= 15 is 0 Å². The summed E-state index contributed by atoms with van der Waals surface area (Å²) in [6.07, 6.45) is 0. The maximum atomic E-state index is 3.60. The van der Waals surface area contributed by atoms with Crippen LogP contribution in [-0.2, 0) is 12.0 Å².